The Bertz CT molecular complexity index is 474. The molecule has 3 rings (SSSR count). The van der Waals surface area contributed by atoms with Crippen LogP contribution in [0.5, 0.6) is 0 Å². The topological polar surface area (TPSA) is 20.3 Å². The van der Waals surface area contributed by atoms with E-state index in [9.17, 15) is 4.79 Å². The Hall–Kier alpha value is -0.350. The van der Waals surface area contributed by atoms with Gasteiger partial charge in [0, 0.05) is 21.5 Å². The van der Waals surface area contributed by atoms with Crippen molar-refractivity contribution < 1.29 is 4.79 Å². The zero-order chi connectivity index (χ0) is 12.0. The molecule has 1 aromatic carbocycles. The second-order valence-corrected chi connectivity index (χ2v) is 6.68. The lowest BCUT2D eigenvalue weighted by atomic mass is 10.1. The van der Waals surface area contributed by atoms with Gasteiger partial charge < -0.3 is 4.90 Å². The van der Waals surface area contributed by atoms with Crippen LogP contribution in [-0.2, 0) is 0 Å². The van der Waals surface area contributed by atoms with Gasteiger partial charge in [-0.2, -0.15) is 0 Å². The minimum absolute atomic E-state index is 0.172. The van der Waals surface area contributed by atoms with E-state index in [4.69, 9.17) is 0 Å². The van der Waals surface area contributed by atoms with E-state index < -0.39 is 0 Å². The van der Waals surface area contributed by atoms with E-state index >= 15 is 0 Å². The molecule has 4 heteroatoms. The van der Waals surface area contributed by atoms with Crippen molar-refractivity contribution in [2.45, 2.75) is 25.3 Å². The lowest BCUT2D eigenvalue weighted by Gasteiger charge is -2.27. The van der Waals surface area contributed by atoms with Gasteiger partial charge in [-0.05, 0) is 59.3 Å². The molecule has 2 fully saturated rings. The third-order valence-electron chi connectivity index (χ3n) is 3.83. The van der Waals surface area contributed by atoms with Crippen molar-refractivity contribution in [1.82, 2.24) is 4.90 Å². The van der Waals surface area contributed by atoms with E-state index in [2.05, 4.69) is 36.8 Å². The minimum Gasteiger partial charge on any atom is -0.335 e. The number of carbonyl (C=O) groups excluding carboxylic acids is 1. The number of benzene rings is 1. The smallest absolute Gasteiger partial charge is 0.255 e. The van der Waals surface area contributed by atoms with Crippen LogP contribution in [0.25, 0.3) is 0 Å². The summed E-state index contributed by atoms with van der Waals surface area (Å²) in [6.45, 7) is 0.947. The molecule has 90 valence electrons. The highest BCUT2D eigenvalue weighted by atomic mass is 79.9. The van der Waals surface area contributed by atoms with Gasteiger partial charge in [-0.3, -0.25) is 4.79 Å². The Labute approximate surface area is 118 Å². The first-order valence-electron chi connectivity index (χ1n) is 5.91. The first kappa shape index (κ1) is 11.7. The van der Waals surface area contributed by atoms with Crippen molar-refractivity contribution in [3.05, 3.63) is 32.7 Å². The van der Waals surface area contributed by atoms with Gasteiger partial charge in [0.25, 0.3) is 5.91 Å². The molecule has 2 bridgehead atoms. The van der Waals surface area contributed by atoms with E-state index in [-0.39, 0.29) is 5.91 Å². The van der Waals surface area contributed by atoms with Gasteiger partial charge in [0.2, 0.25) is 0 Å². The van der Waals surface area contributed by atoms with E-state index in [1.165, 1.54) is 19.3 Å². The van der Waals surface area contributed by atoms with Crippen LogP contribution in [0, 0.1) is 5.92 Å². The molecule has 0 aromatic heterocycles. The van der Waals surface area contributed by atoms with Crippen LogP contribution in [0.2, 0.25) is 0 Å². The fourth-order valence-corrected chi connectivity index (χ4v) is 3.77. The van der Waals surface area contributed by atoms with E-state index in [1.807, 2.05) is 18.2 Å². The second-order valence-electron chi connectivity index (χ2n) is 4.91. The van der Waals surface area contributed by atoms with Crippen molar-refractivity contribution in [3.8, 4) is 0 Å². The number of carbonyl (C=O) groups is 1. The fourth-order valence-electron chi connectivity index (χ4n) is 2.99. The Balaban J connectivity index is 1.89. The maximum absolute atomic E-state index is 12.5. The summed E-state index contributed by atoms with van der Waals surface area (Å²) in [7, 11) is 0. The standard InChI is InChI=1S/C13H13Br2NO/c14-9-2-4-12(15)11(6-9)13(17)16-7-8-1-3-10(16)5-8/h2,4,6,8,10H,1,3,5,7H2. The summed E-state index contributed by atoms with van der Waals surface area (Å²) >= 11 is 6.89. The summed E-state index contributed by atoms with van der Waals surface area (Å²) in [6, 6.07) is 6.25. The lowest BCUT2D eigenvalue weighted by Crippen LogP contribution is -2.37. The minimum atomic E-state index is 0.172. The number of piperidine rings is 1. The van der Waals surface area contributed by atoms with Crippen LogP contribution >= 0.6 is 31.9 Å². The summed E-state index contributed by atoms with van der Waals surface area (Å²) in [5.41, 5.74) is 0.770. The second kappa shape index (κ2) is 4.39. The SMILES string of the molecule is O=C(c1cc(Br)ccc1Br)N1CC2CCC1C2. The summed E-state index contributed by atoms with van der Waals surface area (Å²) in [5.74, 6) is 0.917. The molecule has 2 aliphatic rings. The number of amides is 1. The molecule has 1 heterocycles. The molecule has 2 atom stereocenters. The van der Waals surface area contributed by atoms with Gasteiger partial charge in [-0.15, -0.1) is 0 Å². The highest BCUT2D eigenvalue weighted by Gasteiger charge is 2.40. The first-order valence-corrected chi connectivity index (χ1v) is 7.50. The molecule has 17 heavy (non-hydrogen) atoms. The molecule has 0 N–H and O–H groups in total. The summed E-state index contributed by atoms with van der Waals surface area (Å²) < 4.78 is 1.84. The normalized spacial score (nSPS) is 26.6. The Kier molecular flexibility index (Phi) is 3.03. The number of nitrogens with zero attached hydrogens (tertiary/aromatic N) is 1. The van der Waals surface area contributed by atoms with Crippen molar-refractivity contribution >= 4 is 37.8 Å². The molecular formula is C13H13Br2NO. The van der Waals surface area contributed by atoms with Gasteiger partial charge in [0.15, 0.2) is 0 Å². The number of fused-ring (bicyclic) bond motifs is 2. The van der Waals surface area contributed by atoms with Crippen molar-refractivity contribution in [3.63, 3.8) is 0 Å². The average molecular weight is 359 g/mol. The highest BCUT2D eigenvalue weighted by Crippen LogP contribution is 2.38. The summed E-state index contributed by atoms with van der Waals surface area (Å²) in [6.07, 6.45) is 3.69. The quantitative estimate of drug-likeness (QED) is 0.746. The predicted molar refractivity (Wildman–Crippen MR) is 74.0 cm³/mol. The molecule has 1 amide bonds. The van der Waals surface area contributed by atoms with Crippen LogP contribution in [0.3, 0.4) is 0 Å². The number of hydrogen-bond acceptors (Lipinski definition) is 1. The predicted octanol–water partition coefficient (Wildman–Crippen LogP) is 3.84. The molecule has 0 radical (unpaired) electrons. The summed E-state index contributed by atoms with van der Waals surface area (Å²) in [4.78, 5) is 14.5. The molecule has 1 saturated heterocycles. The Morgan fingerprint density at radius 1 is 1.29 bits per heavy atom. The molecule has 1 aliphatic heterocycles. The number of hydrogen-bond donors (Lipinski definition) is 0. The molecule has 1 saturated carbocycles. The van der Waals surface area contributed by atoms with Crippen LogP contribution < -0.4 is 0 Å². The van der Waals surface area contributed by atoms with Crippen LogP contribution in [0.1, 0.15) is 29.6 Å². The van der Waals surface area contributed by atoms with Crippen LogP contribution in [-0.4, -0.2) is 23.4 Å². The molecule has 1 aliphatic carbocycles. The molecule has 2 unspecified atom stereocenters. The Morgan fingerprint density at radius 2 is 2.12 bits per heavy atom. The monoisotopic (exact) mass is 357 g/mol. The number of halogens is 2. The van der Waals surface area contributed by atoms with E-state index in [1.54, 1.807) is 0 Å². The third kappa shape index (κ3) is 2.06. The Morgan fingerprint density at radius 3 is 2.76 bits per heavy atom. The van der Waals surface area contributed by atoms with Gasteiger partial charge in [-0.25, -0.2) is 0 Å². The van der Waals surface area contributed by atoms with Gasteiger partial charge in [0.1, 0.15) is 0 Å². The third-order valence-corrected chi connectivity index (χ3v) is 5.01. The van der Waals surface area contributed by atoms with Crippen molar-refractivity contribution in [1.29, 1.82) is 0 Å². The largest absolute Gasteiger partial charge is 0.335 e. The maximum atomic E-state index is 12.5. The fraction of sp³-hybridized carbons (Fsp3) is 0.462. The van der Waals surface area contributed by atoms with Crippen molar-refractivity contribution in [2.24, 2.45) is 5.92 Å². The van der Waals surface area contributed by atoms with E-state index in [0.717, 1.165) is 27.0 Å². The highest BCUT2D eigenvalue weighted by molar-refractivity contribution is 9.11. The maximum Gasteiger partial charge on any atom is 0.255 e. The average Bonchev–Trinajstić information content (AvgIpc) is 2.93. The zero-order valence-electron chi connectivity index (χ0n) is 9.33. The molecule has 1 aromatic rings. The first-order chi connectivity index (χ1) is 8.15. The molecular weight excluding hydrogens is 346 g/mol. The van der Waals surface area contributed by atoms with Gasteiger partial charge in [-0.1, -0.05) is 15.9 Å². The van der Waals surface area contributed by atoms with Gasteiger partial charge >= 0.3 is 0 Å². The number of rotatable bonds is 1. The molecule has 2 nitrogen and oxygen atoms in total. The van der Waals surface area contributed by atoms with E-state index in [0.29, 0.717) is 6.04 Å². The zero-order valence-corrected chi connectivity index (χ0v) is 12.5. The van der Waals surface area contributed by atoms with Crippen molar-refractivity contribution in [2.75, 3.05) is 6.54 Å². The van der Waals surface area contributed by atoms with Crippen LogP contribution in [0.15, 0.2) is 27.1 Å². The lowest BCUT2D eigenvalue weighted by molar-refractivity contribution is 0.0702. The number of likely N-dealkylation sites (tertiary alicyclic amines) is 1. The summed E-state index contributed by atoms with van der Waals surface area (Å²) in [5, 5.41) is 0. The molecule has 0 spiro atoms. The van der Waals surface area contributed by atoms with Crippen LogP contribution in [0.4, 0.5) is 0 Å². The van der Waals surface area contributed by atoms with Gasteiger partial charge in [0.05, 0.1) is 5.56 Å².